The van der Waals surface area contributed by atoms with E-state index in [1.807, 2.05) is 4.90 Å². The SMILES string of the molecule is COc1ccc(C(=O)NC(=S)Nc2cc(C(F)(F)F)ccc2N2CCCCC2)cc1Br. The standard InChI is InChI=1S/C21H21BrF3N3O2S/c1-30-18-8-5-13(11-15(18)22)19(29)27-20(31)26-16-12-14(21(23,24)25)6-7-17(16)28-9-3-2-4-10-28/h5-8,11-12H,2-4,9-10H2,1H3,(H2,26,27,29,31). The molecule has 3 rings (SSSR count). The number of rotatable bonds is 4. The molecule has 1 aliphatic rings. The Balaban J connectivity index is 1.80. The molecule has 2 aromatic carbocycles. The van der Waals surface area contributed by atoms with Gasteiger partial charge < -0.3 is 15.0 Å². The molecule has 166 valence electrons. The molecule has 0 radical (unpaired) electrons. The molecular formula is C21H21BrF3N3O2S. The number of nitrogens with one attached hydrogen (secondary N) is 2. The highest BCUT2D eigenvalue weighted by Gasteiger charge is 2.31. The van der Waals surface area contributed by atoms with Gasteiger partial charge in [-0.3, -0.25) is 10.1 Å². The van der Waals surface area contributed by atoms with Crippen molar-refractivity contribution in [3.05, 3.63) is 52.0 Å². The molecule has 1 aliphatic heterocycles. The van der Waals surface area contributed by atoms with Gasteiger partial charge in [-0.05, 0) is 83.8 Å². The van der Waals surface area contributed by atoms with Gasteiger partial charge in [0, 0.05) is 18.7 Å². The fourth-order valence-corrected chi connectivity index (χ4v) is 4.10. The predicted octanol–water partition coefficient (Wildman–Crippen LogP) is 5.59. The van der Waals surface area contributed by atoms with Gasteiger partial charge in [-0.2, -0.15) is 13.2 Å². The average Bonchev–Trinajstić information content (AvgIpc) is 2.73. The van der Waals surface area contributed by atoms with Crippen LogP contribution in [0, 0.1) is 0 Å². The van der Waals surface area contributed by atoms with E-state index in [2.05, 4.69) is 26.6 Å². The lowest BCUT2D eigenvalue weighted by molar-refractivity contribution is -0.137. The van der Waals surface area contributed by atoms with Gasteiger partial charge in [-0.1, -0.05) is 0 Å². The molecular weight excluding hydrogens is 495 g/mol. The van der Waals surface area contributed by atoms with Crippen molar-refractivity contribution in [1.82, 2.24) is 5.32 Å². The Morgan fingerprint density at radius 2 is 1.84 bits per heavy atom. The van der Waals surface area contributed by atoms with Crippen LogP contribution in [0.5, 0.6) is 5.75 Å². The highest BCUT2D eigenvalue weighted by atomic mass is 79.9. The van der Waals surface area contributed by atoms with E-state index in [0.29, 0.717) is 21.5 Å². The van der Waals surface area contributed by atoms with Crippen LogP contribution in [0.25, 0.3) is 0 Å². The van der Waals surface area contributed by atoms with Gasteiger partial charge in [-0.15, -0.1) is 0 Å². The first-order valence-corrected chi connectivity index (χ1v) is 10.8. The van der Waals surface area contributed by atoms with E-state index in [0.717, 1.165) is 44.5 Å². The zero-order valence-corrected chi connectivity index (χ0v) is 19.1. The zero-order valence-electron chi connectivity index (χ0n) is 16.7. The van der Waals surface area contributed by atoms with Crippen LogP contribution in [0.15, 0.2) is 40.9 Å². The van der Waals surface area contributed by atoms with Gasteiger partial charge in [-0.25, -0.2) is 0 Å². The third kappa shape index (κ3) is 5.88. The molecule has 1 amide bonds. The molecule has 0 bridgehead atoms. The van der Waals surface area contributed by atoms with Crippen LogP contribution in [-0.2, 0) is 6.18 Å². The molecule has 0 spiro atoms. The van der Waals surface area contributed by atoms with Crippen LogP contribution >= 0.6 is 28.1 Å². The normalized spacial score (nSPS) is 14.2. The summed E-state index contributed by atoms with van der Waals surface area (Å²) in [5.41, 5.74) is 0.357. The number of hydrogen-bond donors (Lipinski definition) is 2. The molecule has 5 nitrogen and oxygen atoms in total. The fourth-order valence-electron chi connectivity index (χ4n) is 3.36. The van der Waals surface area contributed by atoms with Gasteiger partial charge in [0.2, 0.25) is 0 Å². The Kier molecular flexibility index (Phi) is 7.42. The lowest BCUT2D eigenvalue weighted by Gasteiger charge is -2.31. The van der Waals surface area contributed by atoms with E-state index in [1.54, 1.807) is 18.2 Å². The number of nitrogens with zero attached hydrogens (tertiary/aromatic N) is 1. The number of methoxy groups -OCH3 is 1. The quantitative estimate of drug-likeness (QED) is 0.519. The maximum absolute atomic E-state index is 13.3. The van der Waals surface area contributed by atoms with E-state index in [1.165, 1.54) is 13.2 Å². The maximum atomic E-state index is 13.3. The molecule has 2 aromatic rings. The highest BCUT2D eigenvalue weighted by molar-refractivity contribution is 9.10. The van der Waals surface area contributed by atoms with Crippen LogP contribution < -0.4 is 20.3 Å². The summed E-state index contributed by atoms with van der Waals surface area (Å²) in [4.78, 5) is 14.5. The Hall–Kier alpha value is -2.33. The lowest BCUT2D eigenvalue weighted by Crippen LogP contribution is -2.35. The van der Waals surface area contributed by atoms with Crippen molar-refractivity contribution in [2.75, 3.05) is 30.4 Å². The molecule has 1 heterocycles. The molecule has 0 saturated carbocycles. The molecule has 0 atom stereocenters. The number of anilines is 2. The van der Waals surface area contributed by atoms with Crippen molar-refractivity contribution < 1.29 is 22.7 Å². The summed E-state index contributed by atoms with van der Waals surface area (Å²) < 4.78 is 45.5. The highest BCUT2D eigenvalue weighted by Crippen LogP contribution is 2.36. The van der Waals surface area contributed by atoms with Gasteiger partial charge >= 0.3 is 6.18 Å². The number of carbonyl (C=O) groups excluding carboxylic acids is 1. The lowest BCUT2D eigenvalue weighted by atomic mass is 10.1. The van der Waals surface area contributed by atoms with E-state index in [-0.39, 0.29) is 10.8 Å². The Morgan fingerprint density at radius 3 is 2.45 bits per heavy atom. The number of benzene rings is 2. The number of carbonyl (C=O) groups is 1. The van der Waals surface area contributed by atoms with Crippen molar-refractivity contribution in [3.8, 4) is 5.75 Å². The number of ether oxygens (including phenoxy) is 1. The number of halogens is 4. The van der Waals surface area contributed by atoms with E-state index in [4.69, 9.17) is 17.0 Å². The second-order valence-electron chi connectivity index (χ2n) is 7.03. The molecule has 2 N–H and O–H groups in total. The molecule has 1 saturated heterocycles. The summed E-state index contributed by atoms with van der Waals surface area (Å²) >= 11 is 8.52. The van der Waals surface area contributed by atoms with Gasteiger partial charge in [0.1, 0.15) is 5.75 Å². The van der Waals surface area contributed by atoms with Crippen molar-refractivity contribution in [2.24, 2.45) is 0 Å². The molecule has 10 heteroatoms. The second kappa shape index (κ2) is 9.86. The average molecular weight is 516 g/mol. The van der Waals surface area contributed by atoms with Crippen LogP contribution in [0.3, 0.4) is 0 Å². The molecule has 0 aliphatic carbocycles. The molecule has 31 heavy (non-hydrogen) atoms. The van der Waals surface area contributed by atoms with Gasteiger partial charge in [0.25, 0.3) is 5.91 Å². The van der Waals surface area contributed by atoms with Crippen molar-refractivity contribution in [1.29, 1.82) is 0 Å². The number of thiocarbonyl (C=S) groups is 1. The van der Waals surface area contributed by atoms with Crippen molar-refractivity contribution in [3.63, 3.8) is 0 Å². The molecule has 1 fully saturated rings. The second-order valence-corrected chi connectivity index (χ2v) is 8.30. The first-order valence-electron chi connectivity index (χ1n) is 9.61. The first kappa shape index (κ1) is 23.3. The van der Waals surface area contributed by atoms with Crippen LogP contribution in [-0.4, -0.2) is 31.2 Å². The summed E-state index contributed by atoms with van der Waals surface area (Å²) in [5.74, 6) is 0.0692. The van der Waals surface area contributed by atoms with Crippen LogP contribution in [0.1, 0.15) is 35.2 Å². The minimum atomic E-state index is -4.49. The smallest absolute Gasteiger partial charge is 0.416 e. The summed E-state index contributed by atoms with van der Waals surface area (Å²) in [6, 6.07) is 8.28. The minimum Gasteiger partial charge on any atom is -0.496 e. The number of alkyl halides is 3. The van der Waals surface area contributed by atoms with E-state index >= 15 is 0 Å². The van der Waals surface area contributed by atoms with E-state index in [9.17, 15) is 18.0 Å². The van der Waals surface area contributed by atoms with Crippen LogP contribution in [0.2, 0.25) is 0 Å². The van der Waals surface area contributed by atoms with Crippen molar-refractivity contribution >= 4 is 50.5 Å². The number of amides is 1. The zero-order chi connectivity index (χ0) is 22.6. The number of piperidine rings is 1. The third-order valence-corrected chi connectivity index (χ3v) is 5.73. The number of hydrogen-bond acceptors (Lipinski definition) is 4. The summed E-state index contributed by atoms with van der Waals surface area (Å²) in [6.45, 7) is 1.50. The summed E-state index contributed by atoms with van der Waals surface area (Å²) in [5, 5.41) is 5.21. The molecule has 0 aromatic heterocycles. The van der Waals surface area contributed by atoms with Gasteiger partial charge in [0.15, 0.2) is 5.11 Å². The van der Waals surface area contributed by atoms with E-state index < -0.39 is 17.6 Å². The Bertz CT molecular complexity index is 979. The first-order chi connectivity index (χ1) is 14.7. The van der Waals surface area contributed by atoms with Crippen LogP contribution in [0.4, 0.5) is 24.5 Å². The van der Waals surface area contributed by atoms with Gasteiger partial charge in [0.05, 0.1) is 28.5 Å². The van der Waals surface area contributed by atoms with Crippen molar-refractivity contribution in [2.45, 2.75) is 25.4 Å². The summed E-state index contributed by atoms with van der Waals surface area (Å²) in [6.07, 6.45) is -1.47. The topological polar surface area (TPSA) is 53.6 Å². The third-order valence-electron chi connectivity index (χ3n) is 4.91. The Morgan fingerprint density at radius 1 is 1.13 bits per heavy atom. The summed E-state index contributed by atoms with van der Waals surface area (Å²) in [7, 11) is 1.51. The fraction of sp³-hybridized carbons (Fsp3) is 0.333. The maximum Gasteiger partial charge on any atom is 0.416 e. The molecule has 0 unspecified atom stereocenters. The Labute approximate surface area is 192 Å². The minimum absolute atomic E-state index is 0.0884. The monoisotopic (exact) mass is 515 g/mol. The predicted molar refractivity (Wildman–Crippen MR) is 122 cm³/mol. The largest absolute Gasteiger partial charge is 0.496 e.